The molecule has 0 N–H and O–H groups in total. The molecule has 0 unspecified atom stereocenters. The van der Waals surface area contributed by atoms with Crippen LogP contribution in [-0.2, 0) is 14.8 Å². The van der Waals surface area contributed by atoms with Crippen molar-refractivity contribution in [2.45, 2.75) is 38.1 Å². The van der Waals surface area contributed by atoms with Crippen LogP contribution in [0.25, 0.3) is 0 Å². The summed E-state index contributed by atoms with van der Waals surface area (Å²) in [5.41, 5.74) is -0.821. The van der Waals surface area contributed by atoms with Crippen molar-refractivity contribution in [3.05, 3.63) is 29.6 Å². The van der Waals surface area contributed by atoms with Crippen molar-refractivity contribution in [1.29, 1.82) is 0 Å². The maximum Gasteiger partial charge on any atom is 0.257 e. The van der Waals surface area contributed by atoms with E-state index in [1.54, 1.807) is 13.8 Å². The second kappa shape index (κ2) is 7.39. The van der Waals surface area contributed by atoms with Crippen LogP contribution in [0.5, 0.6) is 0 Å². The number of nitrogens with zero attached hydrogens (tertiary/aromatic N) is 2. The van der Waals surface area contributed by atoms with Crippen molar-refractivity contribution in [3.63, 3.8) is 0 Å². The molecule has 1 aromatic rings. The average molecular weight is 372 g/mol. The molecule has 0 radical (unpaired) electrons. The van der Waals surface area contributed by atoms with Gasteiger partial charge in [0.1, 0.15) is 5.82 Å². The van der Waals surface area contributed by atoms with Crippen LogP contribution < -0.4 is 0 Å². The van der Waals surface area contributed by atoms with Gasteiger partial charge in [0.15, 0.2) is 0 Å². The van der Waals surface area contributed by atoms with Gasteiger partial charge in [-0.25, -0.2) is 12.8 Å². The topological polar surface area (TPSA) is 66.9 Å². The molecule has 0 atom stereocenters. The first kappa shape index (κ1) is 19.8. The summed E-state index contributed by atoms with van der Waals surface area (Å²) in [4.78, 5) is 14.3. The summed E-state index contributed by atoms with van der Waals surface area (Å²) in [6.07, 6.45) is 0. The third kappa shape index (κ3) is 3.86. The van der Waals surface area contributed by atoms with E-state index < -0.39 is 27.3 Å². The Bertz CT molecular complexity index is 745. The highest BCUT2D eigenvalue weighted by atomic mass is 32.2. The van der Waals surface area contributed by atoms with E-state index >= 15 is 0 Å². The zero-order valence-electron chi connectivity index (χ0n) is 15.1. The van der Waals surface area contributed by atoms with E-state index in [4.69, 9.17) is 4.74 Å². The Balaban J connectivity index is 2.44. The van der Waals surface area contributed by atoms with Gasteiger partial charge in [-0.3, -0.25) is 4.79 Å². The molecule has 2 rings (SSSR count). The van der Waals surface area contributed by atoms with Crippen molar-refractivity contribution < 1.29 is 22.3 Å². The Morgan fingerprint density at radius 2 is 1.96 bits per heavy atom. The number of halogens is 1. The monoisotopic (exact) mass is 372 g/mol. The Labute approximate surface area is 148 Å². The van der Waals surface area contributed by atoms with Crippen molar-refractivity contribution in [1.82, 2.24) is 9.21 Å². The van der Waals surface area contributed by atoms with Crippen LogP contribution in [-0.4, -0.2) is 61.9 Å². The first-order chi connectivity index (χ1) is 11.6. The summed E-state index contributed by atoms with van der Waals surface area (Å²) >= 11 is 0. The maximum absolute atomic E-state index is 14.3. The minimum absolute atomic E-state index is 0.0768. The number of ether oxygens (including phenoxy) is 1. The number of carbonyl (C=O) groups is 1. The van der Waals surface area contributed by atoms with Crippen LogP contribution in [0.1, 0.15) is 38.1 Å². The van der Waals surface area contributed by atoms with Gasteiger partial charge in [-0.2, -0.15) is 4.31 Å². The number of sulfonamides is 1. The highest BCUT2D eigenvalue weighted by molar-refractivity contribution is 7.89. The minimum Gasteiger partial charge on any atom is -0.377 e. The fraction of sp³-hybridized carbons (Fsp3) is 0.588. The molecule has 0 spiro atoms. The van der Waals surface area contributed by atoms with E-state index in [-0.39, 0.29) is 10.5 Å². The van der Waals surface area contributed by atoms with Gasteiger partial charge >= 0.3 is 0 Å². The number of carbonyl (C=O) groups excluding carboxylic acids is 1. The summed E-state index contributed by atoms with van der Waals surface area (Å²) < 4.78 is 46.2. The molecular formula is C17H25FN2O4S. The van der Waals surface area contributed by atoms with E-state index in [9.17, 15) is 17.6 Å². The molecule has 8 heteroatoms. The maximum atomic E-state index is 14.3. The summed E-state index contributed by atoms with van der Waals surface area (Å²) in [5, 5.41) is 0. The normalized spacial score (nSPS) is 17.8. The number of amides is 1. The van der Waals surface area contributed by atoms with E-state index in [2.05, 4.69) is 0 Å². The Kier molecular flexibility index (Phi) is 5.86. The zero-order valence-corrected chi connectivity index (χ0v) is 15.9. The fourth-order valence-electron chi connectivity index (χ4n) is 2.92. The summed E-state index contributed by atoms with van der Waals surface area (Å²) in [6, 6.07) is 3.37. The van der Waals surface area contributed by atoms with Crippen LogP contribution in [0.4, 0.5) is 4.39 Å². The predicted molar refractivity (Wildman–Crippen MR) is 92.4 cm³/mol. The van der Waals surface area contributed by atoms with Crippen molar-refractivity contribution in [2.75, 3.05) is 32.8 Å². The standard InChI is InChI=1S/C17H25FN2O4S/c1-5-19(6-2)25(22,23)13-7-8-15(18)14(11-13)16(21)20-9-10-24-12-17(20,3)4/h7-8,11H,5-6,9-10,12H2,1-4H3. The molecule has 1 aliphatic rings. The lowest BCUT2D eigenvalue weighted by atomic mass is 10.0. The molecule has 140 valence electrons. The quantitative estimate of drug-likeness (QED) is 0.794. The van der Waals surface area contributed by atoms with Crippen LogP contribution in [0.3, 0.4) is 0 Å². The molecule has 1 heterocycles. The predicted octanol–water partition coefficient (Wildman–Crippen LogP) is 2.11. The van der Waals surface area contributed by atoms with Crippen molar-refractivity contribution >= 4 is 15.9 Å². The summed E-state index contributed by atoms with van der Waals surface area (Å²) in [6.45, 7) is 8.77. The average Bonchev–Trinajstić information content (AvgIpc) is 2.55. The molecule has 0 aliphatic carbocycles. The first-order valence-corrected chi connectivity index (χ1v) is 9.78. The molecule has 25 heavy (non-hydrogen) atoms. The lowest BCUT2D eigenvalue weighted by Gasteiger charge is -2.42. The Morgan fingerprint density at radius 3 is 2.52 bits per heavy atom. The molecule has 1 saturated heterocycles. The second-order valence-electron chi connectivity index (χ2n) is 6.55. The van der Waals surface area contributed by atoms with Crippen molar-refractivity contribution in [2.24, 2.45) is 0 Å². The second-order valence-corrected chi connectivity index (χ2v) is 8.49. The van der Waals surface area contributed by atoms with Crippen LogP contribution in [0.2, 0.25) is 0 Å². The van der Waals surface area contributed by atoms with Gasteiger partial charge in [-0.05, 0) is 32.0 Å². The van der Waals surface area contributed by atoms with E-state index in [0.717, 1.165) is 12.1 Å². The van der Waals surface area contributed by atoms with Crippen LogP contribution in [0, 0.1) is 5.82 Å². The van der Waals surface area contributed by atoms with Gasteiger partial charge in [0.25, 0.3) is 5.91 Å². The molecule has 1 aromatic carbocycles. The van der Waals surface area contributed by atoms with Gasteiger partial charge in [0.05, 0.1) is 29.2 Å². The summed E-state index contributed by atoms with van der Waals surface area (Å²) in [5.74, 6) is -1.26. The largest absolute Gasteiger partial charge is 0.377 e. The lowest BCUT2D eigenvalue weighted by molar-refractivity contribution is -0.0372. The SMILES string of the molecule is CCN(CC)S(=O)(=O)c1ccc(F)c(C(=O)N2CCOCC2(C)C)c1. The summed E-state index contributed by atoms with van der Waals surface area (Å²) in [7, 11) is -3.76. The van der Waals surface area contributed by atoms with Crippen LogP contribution >= 0.6 is 0 Å². The first-order valence-electron chi connectivity index (χ1n) is 8.34. The Hall–Kier alpha value is -1.51. The number of hydrogen-bond acceptors (Lipinski definition) is 4. The number of hydrogen-bond donors (Lipinski definition) is 0. The highest BCUT2D eigenvalue weighted by Gasteiger charge is 2.36. The number of morpholine rings is 1. The van der Waals surface area contributed by atoms with Crippen molar-refractivity contribution in [3.8, 4) is 0 Å². The molecule has 1 fully saturated rings. The van der Waals surface area contributed by atoms with Gasteiger partial charge in [0, 0.05) is 19.6 Å². The van der Waals surface area contributed by atoms with Gasteiger partial charge in [-0.1, -0.05) is 13.8 Å². The van der Waals surface area contributed by atoms with E-state index in [1.165, 1.54) is 15.3 Å². The van der Waals surface area contributed by atoms with E-state index in [1.807, 2.05) is 13.8 Å². The van der Waals surface area contributed by atoms with Gasteiger partial charge in [0.2, 0.25) is 10.0 Å². The van der Waals surface area contributed by atoms with E-state index in [0.29, 0.717) is 32.8 Å². The smallest absolute Gasteiger partial charge is 0.257 e. The van der Waals surface area contributed by atoms with Crippen LogP contribution in [0.15, 0.2) is 23.1 Å². The third-order valence-electron chi connectivity index (χ3n) is 4.40. The highest BCUT2D eigenvalue weighted by Crippen LogP contribution is 2.25. The number of benzene rings is 1. The molecule has 6 nitrogen and oxygen atoms in total. The number of rotatable bonds is 5. The molecule has 1 amide bonds. The molecular weight excluding hydrogens is 347 g/mol. The molecule has 1 aliphatic heterocycles. The fourth-order valence-corrected chi connectivity index (χ4v) is 4.41. The Morgan fingerprint density at radius 1 is 1.32 bits per heavy atom. The molecule has 0 saturated carbocycles. The zero-order chi connectivity index (χ0) is 18.8. The molecule has 0 bridgehead atoms. The van der Waals surface area contributed by atoms with Gasteiger partial charge < -0.3 is 9.64 Å². The molecule has 0 aromatic heterocycles. The lowest BCUT2D eigenvalue weighted by Crippen LogP contribution is -2.55. The third-order valence-corrected chi connectivity index (χ3v) is 6.45. The minimum atomic E-state index is -3.76. The van der Waals surface area contributed by atoms with Gasteiger partial charge in [-0.15, -0.1) is 0 Å².